The van der Waals surface area contributed by atoms with Crippen molar-refractivity contribution in [2.24, 2.45) is 0 Å². The van der Waals surface area contributed by atoms with Gasteiger partial charge in [-0.2, -0.15) is 0 Å². The van der Waals surface area contributed by atoms with Gasteiger partial charge in [-0.05, 0) is 12.1 Å². The molecule has 0 bridgehead atoms. The first-order chi connectivity index (χ1) is 14.4. The van der Waals surface area contributed by atoms with E-state index in [1.165, 1.54) is 13.0 Å². The van der Waals surface area contributed by atoms with Crippen LogP contribution in [0.4, 0.5) is 11.4 Å². The first-order valence-electron chi connectivity index (χ1n) is 10.2. The maximum atomic E-state index is 12.9. The summed E-state index contributed by atoms with van der Waals surface area (Å²) in [5.74, 6) is -0.796. The van der Waals surface area contributed by atoms with Gasteiger partial charge in [0.05, 0.1) is 18.1 Å². The standard InChI is InChI=1S/C20H26N4O6/c1-15(25)21-8-10-22(11-9-21)17-3-2-16(14-18(17)24(27)28)19(26)23-6-4-20(5-7-23)29-12-13-30-20/h2-3,14H,4-13H2,1H3. The van der Waals surface area contributed by atoms with Gasteiger partial charge in [0.2, 0.25) is 5.91 Å². The summed E-state index contributed by atoms with van der Waals surface area (Å²) in [6.45, 7) is 5.71. The number of carbonyl (C=O) groups is 2. The summed E-state index contributed by atoms with van der Waals surface area (Å²) < 4.78 is 11.4. The summed E-state index contributed by atoms with van der Waals surface area (Å²) in [6, 6.07) is 4.65. The lowest BCUT2D eigenvalue weighted by atomic mass is 10.0. The average molecular weight is 418 g/mol. The molecule has 0 saturated carbocycles. The van der Waals surface area contributed by atoms with E-state index in [1.54, 1.807) is 21.9 Å². The summed E-state index contributed by atoms with van der Waals surface area (Å²) in [4.78, 5) is 41.0. The fourth-order valence-corrected chi connectivity index (χ4v) is 4.35. The van der Waals surface area contributed by atoms with Crippen LogP contribution in [0.1, 0.15) is 30.1 Å². The van der Waals surface area contributed by atoms with E-state index >= 15 is 0 Å². The largest absolute Gasteiger partial charge is 0.362 e. The van der Waals surface area contributed by atoms with Crippen LogP contribution in [-0.2, 0) is 14.3 Å². The molecule has 3 aliphatic rings. The number of nitro benzene ring substituents is 1. The third-order valence-electron chi connectivity index (χ3n) is 6.11. The third kappa shape index (κ3) is 3.97. The number of hydrogen-bond donors (Lipinski definition) is 0. The lowest BCUT2D eigenvalue weighted by Crippen LogP contribution is -2.48. The predicted octanol–water partition coefficient (Wildman–Crippen LogP) is 1.24. The SMILES string of the molecule is CC(=O)N1CCN(c2ccc(C(=O)N3CCC4(CC3)OCCO4)cc2[N+](=O)[O-])CC1. The van der Waals surface area contributed by atoms with E-state index in [0.717, 1.165) is 0 Å². The molecule has 10 heteroatoms. The Morgan fingerprint density at radius 3 is 2.20 bits per heavy atom. The molecular formula is C20H26N4O6. The molecule has 0 unspecified atom stereocenters. The highest BCUT2D eigenvalue weighted by Gasteiger charge is 2.41. The fraction of sp³-hybridized carbons (Fsp3) is 0.600. The molecule has 0 aromatic heterocycles. The number of benzene rings is 1. The Kier molecular flexibility index (Phi) is 5.61. The molecule has 3 aliphatic heterocycles. The van der Waals surface area contributed by atoms with E-state index in [9.17, 15) is 19.7 Å². The van der Waals surface area contributed by atoms with Crippen molar-refractivity contribution in [3.8, 4) is 0 Å². The van der Waals surface area contributed by atoms with Crippen LogP contribution < -0.4 is 4.90 Å². The van der Waals surface area contributed by atoms with Gasteiger partial charge in [-0.1, -0.05) is 0 Å². The van der Waals surface area contributed by atoms with E-state index in [-0.39, 0.29) is 17.5 Å². The number of likely N-dealkylation sites (tertiary alicyclic amines) is 1. The summed E-state index contributed by atoms with van der Waals surface area (Å²) in [5.41, 5.74) is 0.690. The molecule has 162 valence electrons. The van der Waals surface area contributed by atoms with Crippen molar-refractivity contribution < 1.29 is 24.0 Å². The number of piperidine rings is 1. The Morgan fingerprint density at radius 2 is 1.63 bits per heavy atom. The quantitative estimate of drug-likeness (QED) is 0.537. The Labute approximate surface area is 174 Å². The fourth-order valence-electron chi connectivity index (χ4n) is 4.35. The topological polar surface area (TPSA) is 105 Å². The van der Waals surface area contributed by atoms with E-state index in [2.05, 4.69) is 0 Å². The molecule has 0 N–H and O–H groups in total. The highest BCUT2D eigenvalue weighted by Crippen LogP contribution is 2.33. The molecule has 10 nitrogen and oxygen atoms in total. The number of nitro groups is 1. The number of rotatable bonds is 3. The number of hydrogen-bond acceptors (Lipinski definition) is 7. The number of nitrogens with zero attached hydrogens (tertiary/aromatic N) is 4. The summed E-state index contributed by atoms with van der Waals surface area (Å²) in [6.07, 6.45) is 1.19. The second kappa shape index (κ2) is 8.19. The highest BCUT2D eigenvalue weighted by molar-refractivity contribution is 5.96. The van der Waals surface area contributed by atoms with Crippen LogP contribution in [0.3, 0.4) is 0 Å². The monoisotopic (exact) mass is 418 g/mol. The Morgan fingerprint density at radius 1 is 1.00 bits per heavy atom. The Hall–Kier alpha value is -2.72. The van der Waals surface area contributed by atoms with Crippen molar-refractivity contribution in [2.45, 2.75) is 25.6 Å². The van der Waals surface area contributed by atoms with Crippen molar-refractivity contribution in [3.05, 3.63) is 33.9 Å². The summed E-state index contributed by atoms with van der Waals surface area (Å²) in [7, 11) is 0. The smallest absolute Gasteiger partial charge is 0.293 e. The number of carbonyl (C=O) groups excluding carboxylic acids is 2. The molecule has 1 spiro atoms. The van der Waals surface area contributed by atoms with Gasteiger partial charge in [0.25, 0.3) is 11.6 Å². The van der Waals surface area contributed by atoms with Gasteiger partial charge in [0.15, 0.2) is 5.79 Å². The molecule has 0 aliphatic carbocycles. The normalized spacial score (nSPS) is 21.2. The first kappa shape index (κ1) is 20.5. The minimum Gasteiger partial charge on any atom is -0.362 e. The molecule has 1 aromatic carbocycles. The molecule has 0 radical (unpaired) electrons. The number of ether oxygens (including phenoxy) is 2. The molecule has 0 atom stereocenters. The van der Waals surface area contributed by atoms with Crippen LogP contribution >= 0.6 is 0 Å². The van der Waals surface area contributed by atoms with Gasteiger partial charge >= 0.3 is 0 Å². The van der Waals surface area contributed by atoms with Crippen molar-refractivity contribution in [1.29, 1.82) is 0 Å². The summed E-state index contributed by atoms with van der Waals surface area (Å²) in [5, 5.41) is 11.7. The van der Waals surface area contributed by atoms with Crippen LogP contribution in [0.15, 0.2) is 18.2 Å². The molecule has 3 fully saturated rings. The van der Waals surface area contributed by atoms with E-state index < -0.39 is 10.7 Å². The summed E-state index contributed by atoms with van der Waals surface area (Å²) >= 11 is 0. The number of amides is 2. The minimum absolute atomic E-state index is 0.00168. The average Bonchev–Trinajstić information content (AvgIpc) is 3.21. The number of anilines is 1. The van der Waals surface area contributed by atoms with Crippen LogP contribution in [0.2, 0.25) is 0 Å². The minimum atomic E-state index is -0.575. The lowest BCUT2D eigenvalue weighted by Gasteiger charge is -2.37. The molecule has 4 rings (SSSR count). The van der Waals surface area contributed by atoms with Gasteiger partial charge in [-0.25, -0.2) is 0 Å². The van der Waals surface area contributed by atoms with Crippen molar-refractivity contribution >= 4 is 23.2 Å². The third-order valence-corrected chi connectivity index (χ3v) is 6.11. The second-order valence-corrected chi connectivity index (χ2v) is 7.85. The van der Waals surface area contributed by atoms with Gasteiger partial charge in [-0.15, -0.1) is 0 Å². The zero-order chi connectivity index (χ0) is 21.3. The van der Waals surface area contributed by atoms with E-state index in [0.29, 0.717) is 76.6 Å². The van der Waals surface area contributed by atoms with Crippen molar-refractivity contribution in [3.63, 3.8) is 0 Å². The highest BCUT2D eigenvalue weighted by atomic mass is 16.7. The maximum Gasteiger partial charge on any atom is 0.293 e. The molecular weight excluding hydrogens is 392 g/mol. The van der Waals surface area contributed by atoms with Gasteiger partial charge in [-0.3, -0.25) is 19.7 Å². The van der Waals surface area contributed by atoms with Crippen molar-refractivity contribution in [2.75, 3.05) is 57.4 Å². The lowest BCUT2D eigenvalue weighted by molar-refractivity contribution is -0.384. The second-order valence-electron chi connectivity index (χ2n) is 7.85. The van der Waals surface area contributed by atoms with Gasteiger partial charge < -0.3 is 24.2 Å². The molecule has 2 amide bonds. The predicted molar refractivity (Wildman–Crippen MR) is 107 cm³/mol. The van der Waals surface area contributed by atoms with E-state index in [4.69, 9.17) is 9.47 Å². The van der Waals surface area contributed by atoms with Crippen LogP contribution in [0.25, 0.3) is 0 Å². The van der Waals surface area contributed by atoms with Gasteiger partial charge in [0, 0.05) is 70.7 Å². The molecule has 1 aromatic rings. The van der Waals surface area contributed by atoms with Gasteiger partial charge in [0.1, 0.15) is 5.69 Å². The zero-order valence-electron chi connectivity index (χ0n) is 17.0. The van der Waals surface area contributed by atoms with Crippen molar-refractivity contribution in [1.82, 2.24) is 9.80 Å². The van der Waals surface area contributed by atoms with Crippen LogP contribution in [-0.4, -0.2) is 84.8 Å². The molecule has 3 heterocycles. The molecule has 3 saturated heterocycles. The number of piperazine rings is 1. The van der Waals surface area contributed by atoms with E-state index in [1.807, 2.05) is 4.90 Å². The Bertz CT molecular complexity index is 836. The zero-order valence-corrected chi connectivity index (χ0v) is 17.0. The van der Waals surface area contributed by atoms with Crippen LogP contribution in [0, 0.1) is 10.1 Å². The maximum absolute atomic E-state index is 12.9. The Balaban J connectivity index is 1.47. The first-order valence-corrected chi connectivity index (χ1v) is 10.2. The molecule has 30 heavy (non-hydrogen) atoms. The van der Waals surface area contributed by atoms with Crippen LogP contribution in [0.5, 0.6) is 0 Å².